The number of para-hydroxylation sites is 2. The third-order valence-corrected chi connectivity index (χ3v) is 14.9. The van der Waals surface area contributed by atoms with Gasteiger partial charge in [0.2, 0.25) is 0 Å². The summed E-state index contributed by atoms with van der Waals surface area (Å²) in [6.45, 7) is -0.324. The molecule has 4 aliphatic heterocycles. The van der Waals surface area contributed by atoms with Gasteiger partial charge >= 0.3 is 0 Å². The van der Waals surface area contributed by atoms with Gasteiger partial charge in [-0.25, -0.2) is 0 Å². The van der Waals surface area contributed by atoms with Crippen LogP contribution in [0.1, 0.15) is 0 Å². The molecule has 0 radical (unpaired) electrons. The minimum Gasteiger partial charge on any atom is -0.458 e. The van der Waals surface area contributed by atoms with E-state index < -0.39 is 0 Å². The maximum Gasteiger partial charge on any atom is 0.260 e. The Bertz CT molecular complexity index is 3620. The average Bonchev–Trinajstić information content (AvgIpc) is 3.45. The van der Waals surface area contributed by atoms with E-state index in [4.69, 9.17) is 18.9 Å². The van der Waals surface area contributed by atoms with Crippen molar-refractivity contribution in [1.82, 2.24) is 0 Å². The topological polar surface area (TPSA) is 36.9 Å². The average molecular weight is 919 g/mol. The van der Waals surface area contributed by atoms with E-state index in [1.807, 2.05) is 0 Å². The van der Waals surface area contributed by atoms with Gasteiger partial charge in [0.05, 0.1) is 0 Å². The zero-order valence-corrected chi connectivity index (χ0v) is 38.9. The van der Waals surface area contributed by atoms with E-state index in [1.54, 1.807) is 0 Å². The SMILES string of the molecule is c1ccc(-c2cccc(-c3ccccc3)c2-c2cc3c4c(c2)Oc2cc5c(cc2B4c2ccccc2O3)B2c3ccccc3Oc3cc(-c4c(-c6ccccc6)cccc4-c4ccccc4)cc(c32)O5)cc1. The second-order valence-corrected chi connectivity index (χ2v) is 19.0. The quantitative estimate of drug-likeness (QED) is 0.156. The van der Waals surface area contributed by atoms with Crippen LogP contribution in [0, 0.1) is 0 Å². The third kappa shape index (κ3) is 6.35. The fourth-order valence-corrected chi connectivity index (χ4v) is 11.8. The van der Waals surface area contributed by atoms with E-state index in [2.05, 4.69) is 243 Å². The molecular weight excluding hydrogens is 878 g/mol. The Kier molecular flexibility index (Phi) is 9.12. The number of fused-ring (bicyclic) bond motifs is 8. The fourth-order valence-electron chi connectivity index (χ4n) is 11.8. The van der Waals surface area contributed by atoms with Gasteiger partial charge < -0.3 is 18.9 Å². The molecule has 4 aliphatic rings. The van der Waals surface area contributed by atoms with Crippen LogP contribution >= 0.6 is 0 Å². The number of benzene rings is 11. The minimum absolute atomic E-state index is 0.162. The Morgan fingerprint density at radius 3 is 0.861 bits per heavy atom. The Morgan fingerprint density at radius 1 is 0.208 bits per heavy atom. The second kappa shape index (κ2) is 16.2. The number of hydrogen-bond acceptors (Lipinski definition) is 4. The van der Waals surface area contributed by atoms with Crippen molar-refractivity contribution >= 4 is 46.2 Å². The van der Waals surface area contributed by atoms with E-state index >= 15 is 0 Å². The predicted molar refractivity (Wildman–Crippen MR) is 294 cm³/mol. The molecule has 0 aliphatic carbocycles. The van der Waals surface area contributed by atoms with Crippen LogP contribution in [0.5, 0.6) is 46.0 Å². The van der Waals surface area contributed by atoms with Crippen LogP contribution in [-0.2, 0) is 0 Å². The monoisotopic (exact) mass is 918 g/mol. The van der Waals surface area contributed by atoms with E-state index in [1.165, 1.54) is 0 Å². The maximum absolute atomic E-state index is 7.26. The largest absolute Gasteiger partial charge is 0.458 e. The van der Waals surface area contributed by atoms with Gasteiger partial charge in [0.1, 0.15) is 46.0 Å². The van der Waals surface area contributed by atoms with Gasteiger partial charge in [-0.1, -0.05) is 200 Å². The third-order valence-electron chi connectivity index (χ3n) is 14.9. The van der Waals surface area contributed by atoms with Crippen molar-refractivity contribution < 1.29 is 18.9 Å². The van der Waals surface area contributed by atoms with Crippen LogP contribution in [0.25, 0.3) is 66.8 Å². The van der Waals surface area contributed by atoms with Crippen LogP contribution in [0.2, 0.25) is 0 Å². The molecule has 0 fully saturated rings. The van der Waals surface area contributed by atoms with E-state index in [9.17, 15) is 0 Å². The summed E-state index contributed by atoms with van der Waals surface area (Å²) in [6.07, 6.45) is 0. The lowest BCUT2D eigenvalue weighted by atomic mass is 9.31. The van der Waals surface area contributed by atoms with Crippen molar-refractivity contribution in [2.75, 3.05) is 0 Å². The minimum atomic E-state index is -0.162. The van der Waals surface area contributed by atoms with Crippen LogP contribution in [-0.4, -0.2) is 13.4 Å². The van der Waals surface area contributed by atoms with Crippen LogP contribution < -0.4 is 51.7 Å². The zero-order chi connectivity index (χ0) is 47.3. The first kappa shape index (κ1) is 40.6. The molecule has 334 valence electrons. The normalized spacial score (nSPS) is 12.8. The van der Waals surface area contributed by atoms with Crippen molar-refractivity contribution in [3.8, 4) is 113 Å². The smallest absolute Gasteiger partial charge is 0.260 e. The Morgan fingerprint density at radius 2 is 0.514 bits per heavy atom. The fraction of sp³-hybridized carbons (Fsp3) is 0. The summed E-state index contributed by atoms with van der Waals surface area (Å²) in [5.41, 5.74) is 19.7. The summed E-state index contributed by atoms with van der Waals surface area (Å²) in [5, 5.41) is 0. The van der Waals surface area contributed by atoms with Gasteiger partial charge in [-0.15, -0.1) is 0 Å². The highest BCUT2D eigenvalue weighted by Gasteiger charge is 2.45. The highest BCUT2D eigenvalue weighted by molar-refractivity contribution is 7.01. The van der Waals surface area contributed by atoms with Gasteiger partial charge in [-0.3, -0.25) is 0 Å². The van der Waals surface area contributed by atoms with Crippen LogP contribution in [0.4, 0.5) is 0 Å². The lowest BCUT2D eigenvalue weighted by Gasteiger charge is -2.37. The van der Waals surface area contributed by atoms with E-state index in [-0.39, 0.29) is 13.4 Å². The van der Waals surface area contributed by atoms with Gasteiger partial charge in [-0.2, -0.15) is 0 Å². The van der Waals surface area contributed by atoms with E-state index in [0.717, 1.165) is 146 Å². The molecule has 0 amide bonds. The Labute approximate surface area is 418 Å². The molecule has 0 atom stereocenters. The second-order valence-electron chi connectivity index (χ2n) is 19.0. The zero-order valence-electron chi connectivity index (χ0n) is 38.9. The number of rotatable bonds is 6. The molecule has 0 aromatic heterocycles. The van der Waals surface area contributed by atoms with Crippen molar-refractivity contribution in [2.45, 2.75) is 0 Å². The lowest BCUT2D eigenvalue weighted by molar-refractivity contribution is 0.452. The highest BCUT2D eigenvalue weighted by atomic mass is 16.5. The number of ether oxygens (including phenoxy) is 4. The molecular formula is C66H40B2O4. The highest BCUT2D eigenvalue weighted by Crippen LogP contribution is 2.48. The van der Waals surface area contributed by atoms with Gasteiger partial charge in [-0.05, 0) is 125 Å². The summed E-state index contributed by atoms with van der Waals surface area (Å²) in [7, 11) is 0. The van der Waals surface area contributed by atoms with Crippen LogP contribution in [0.15, 0.2) is 243 Å². The molecule has 72 heavy (non-hydrogen) atoms. The molecule has 0 N–H and O–H groups in total. The predicted octanol–water partition coefficient (Wildman–Crippen LogP) is 13.1. The standard InChI is InChI=1S/C66H40B2O4/c1-5-19-41(20-6-1)47-27-17-28-48(42-21-7-2-8-22-42)63(47)45-35-59-65-61(37-45)71-57-40-58-54(39-53(57)67(65)51-31-13-15-33-55(51)69-59)68-52-32-14-16-34-56(52)70-60-36-46(38-62(72-58)66(60)68)64-49(43-23-9-3-10-24-43)29-18-30-50(64)44-25-11-4-12-26-44/h1-40H. The molecule has 6 heteroatoms. The lowest BCUT2D eigenvalue weighted by Crippen LogP contribution is -2.61. The summed E-state index contributed by atoms with van der Waals surface area (Å²) in [4.78, 5) is 0. The van der Waals surface area contributed by atoms with Gasteiger partial charge in [0, 0.05) is 17.0 Å². The molecule has 11 aromatic carbocycles. The van der Waals surface area contributed by atoms with E-state index in [0.29, 0.717) is 0 Å². The first-order valence-corrected chi connectivity index (χ1v) is 24.6. The maximum atomic E-state index is 7.26. The Balaban J connectivity index is 0.930. The summed E-state index contributed by atoms with van der Waals surface area (Å²) in [6, 6.07) is 85.9. The number of hydrogen-bond donors (Lipinski definition) is 0. The molecule has 0 spiro atoms. The van der Waals surface area contributed by atoms with Crippen molar-refractivity contribution in [3.05, 3.63) is 243 Å². The van der Waals surface area contributed by atoms with Crippen molar-refractivity contribution in [2.24, 2.45) is 0 Å². The molecule has 0 saturated carbocycles. The first-order valence-electron chi connectivity index (χ1n) is 24.6. The molecule has 0 bridgehead atoms. The Hall–Kier alpha value is -9.25. The first-order chi connectivity index (χ1) is 35.7. The molecule has 0 saturated heterocycles. The summed E-state index contributed by atoms with van der Waals surface area (Å²) in [5.74, 6) is 6.28. The van der Waals surface area contributed by atoms with Crippen LogP contribution in [0.3, 0.4) is 0 Å². The molecule has 0 unspecified atom stereocenters. The summed E-state index contributed by atoms with van der Waals surface area (Å²) >= 11 is 0. The molecule has 15 rings (SSSR count). The summed E-state index contributed by atoms with van der Waals surface area (Å²) < 4.78 is 28.5. The molecule has 11 aromatic rings. The van der Waals surface area contributed by atoms with Gasteiger partial charge in [0.25, 0.3) is 13.4 Å². The molecule has 4 heterocycles. The van der Waals surface area contributed by atoms with Crippen molar-refractivity contribution in [3.63, 3.8) is 0 Å². The van der Waals surface area contributed by atoms with Gasteiger partial charge in [0.15, 0.2) is 0 Å². The molecule has 4 nitrogen and oxygen atoms in total. The van der Waals surface area contributed by atoms with Crippen molar-refractivity contribution in [1.29, 1.82) is 0 Å².